The number of halogens is 1. The molecule has 0 aromatic heterocycles. The van der Waals surface area contributed by atoms with Crippen LogP contribution in [-0.2, 0) is 0 Å². The molecule has 2 rings (SSSR count). The topological polar surface area (TPSA) is 26.0 Å². The van der Waals surface area contributed by atoms with Gasteiger partial charge in [-0.1, -0.05) is 25.8 Å². The Balaban J connectivity index is 1.97. The van der Waals surface area contributed by atoms with Crippen LogP contribution in [0.2, 0.25) is 0 Å². The summed E-state index contributed by atoms with van der Waals surface area (Å²) in [6.45, 7) is 2.91. The summed E-state index contributed by atoms with van der Waals surface area (Å²) >= 11 is 1.76. The lowest BCUT2D eigenvalue weighted by Crippen LogP contribution is -2.46. The molecule has 0 spiro atoms. The molecule has 1 nitrogen and oxygen atoms in total. The Morgan fingerprint density at radius 1 is 1.47 bits per heavy atom. The van der Waals surface area contributed by atoms with Crippen molar-refractivity contribution in [1.82, 2.24) is 0 Å². The summed E-state index contributed by atoms with van der Waals surface area (Å²) in [5, 5.41) is 0. The number of hydrogen-bond donors (Lipinski definition) is 1. The van der Waals surface area contributed by atoms with E-state index in [-0.39, 0.29) is 10.6 Å². The van der Waals surface area contributed by atoms with Gasteiger partial charge in [-0.25, -0.2) is 4.39 Å². The number of benzene rings is 1. The molecule has 1 aliphatic carbocycles. The first-order chi connectivity index (χ1) is 8.17. The molecule has 0 bridgehead atoms. The third-order valence-corrected chi connectivity index (χ3v) is 4.94. The van der Waals surface area contributed by atoms with Crippen LogP contribution in [0.25, 0.3) is 0 Å². The van der Waals surface area contributed by atoms with Gasteiger partial charge in [0.1, 0.15) is 5.82 Å². The fraction of sp³-hybridized carbons (Fsp3) is 0.571. The number of thioether (sulfide) groups is 1. The summed E-state index contributed by atoms with van der Waals surface area (Å²) in [5.74, 6) is 0.663. The molecular weight excluding hydrogens is 233 g/mol. The van der Waals surface area contributed by atoms with E-state index in [1.807, 2.05) is 6.07 Å². The van der Waals surface area contributed by atoms with E-state index in [2.05, 4.69) is 6.92 Å². The predicted molar refractivity (Wildman–Crippen MR) is 71.7 cm³/mol. The van der Waals surface area contributed by atoms with Gasteiger partial charge in [0.25, 0.3) is 0 Å². The summed E-state index contributed by atoms with van der Waals surface area (Å²) in [5.41, 5.74) is 5.90. The summed E-state index contributed by atoms with van der Waals surface area (Å²) in [6.07, 6.45) is 4.90. The molecule has 0 saturated heterocycles. The van der Waals surface area contributed by atoms with Crippen LogP contribution in [0.4, 0.5) is 4.39 Å². The molecule has 3 heteroatoms. The zero-order valence-electron chi connectivity index (χ0n) is 10.3. The van der Waals surface area contributed by atoms with Gasteiger partial charge in [-0.2, -0.15) is 0 Å². The van der Waals surface area contributed by atoms with Gasteiger partial charge in [0, 0.05) is 16.2 Å². The Bertz CT molecular complexity index is 374. The van der Waals surface area contributed by atoms with Crippen LogP contribution in [0.5, 0.6) is 0 Å². The van der Waals surface area contributed by atoms with Gasteiger partial charge in [0.15, 0.2) is 0 Å². The molecule has 0 aliphatic heterocycles. The molecule has 17 heavy (non-hydrogen) atoms. The van der Waals surface area contributed by atoms with E-state index in [1.54, 1.807) is 23.9 Å². The molecule has 1 aliphatic rings. The lowest BCUT2D eigenvalue weighted by Gasteiger charge is -2.46. The fourth-order valence-electron chi connectivity index (χ4n) is 2.68. The fourth-order valence-corrected chi connectivity index (χ4v) is 4.22. The Morgan fingerprint density at radius 3 is 2.82 bits per heavy atom. The Kier molecular flexibility index (Phi) is 4.10. The van der Waals surface area contributed by atoms with Crippen LogP contribution in [0.3, 0.4) is 0 Å². The third-order valence-electron chi connectivity index (χ3n) is 3.52. The van der Waals surface area contributed by atoms with Gasteiger partial charge in [-0.05, 0) is 37.0 Å². The minimum atomic E-state index is -0.161. The second-order valence-corrected chi connectivity index (χ2v) is 6.55. The Hall–Kier alpha value is -0.540. The first kappa shape index (κ1) is 12.9. The predicted octanol–water partition coefficient (Wildman–Crippen LogP) is 3.83. The smallest absolute Gasteiger partial charge is 0.124 e. The maximum Gasteiger partial charge on any atom is 0.124 e. The van der Waals surface area contributed by atoms with Crippen molar-refractivity contribution in [3.63, 3.8) is 0 Å². The zero-order chi connectivity index (χ0) is 12.3. The van der Waals surface area contributed by atoms with Gasteiger partial charge in [-0.15, -0.1) is 11.8 Å². The van der Waals surface area contributed by atoms with Crippen molar-refractivity contribution in [1.29, 1.82) is 0 Å². The van der Waals surface area contributed by atoms with Gasteiger partial charge < -0.3 is 5.73 Å². The third kappa shape index (κ3) is 3.02. The quantitative estimate of drug-likeness (QED) is 0.863. The molecule has 0 atom stereocenters. The van der Waals surface area contributed by atoms with E-state index in [4.69, 9.17) is 5.73 Å². The van der Waals surface area contributed by atoms with Crippen LogP contribution >= 0.6 is 11.8 Å². The standard InChI is InChI=1S/C14H20FNS/c1-2-4-11-8-14(9-11,10-16)17-13-6-3-5-12(15)7-13/h3,5-7,11H,2,4,8-10,16H2,1H3. The summed E-state index contributed by atoms with van der Waals surface area (Å²) in [6, 6.07) is 6.83. The van der Waals surface area contributed by atoms with E-state index >= 15 is 0 Å². The maximum atomic E-state index is 13.1. The van der Waals surface area contributed by atoms with Crippen molar-refractivity contribution < 1.29 is 4.39 Å². The van der Waals surface area contributed by atoms with Crippen molar-refractivity contribution in [2.24, 2.45) is 11.7 Å². The van der Waals surface area contributed by atoms with Gasteiger partial charge in [-0.3, -0.25) is 0 Å². The van der Waals surface area contributed by atoms with Crippen LogP contribution in [0.15, 0.2) is 29.2 Å². The molecule has 1 aromatic carbocycles. The highest BCUT2D eigenvalue weighted by molar-refractivity contribution is 8.00. The lowest BCUT2D eigenvalue weighted by atomic mass is 9.72. The van der Waals surface area contributed by atoms with Gasteiger partial charge >= 0.3 is 0 Å². The van der Waals surface area contributed by atoms with Crippen molar-refractivity contribution in [3.05, 3.63) is 30.1 Å². The molecule has 94 valence electrons. The molecule has 1 aromatic rings. The van der Waals surface area contributed by atoms with Gasteiger partial charge in [0.2, 0.25) is 0 Å². The van der Waals surface area contributed by atoms with Crippen molar-refractivity contribution >= 4 is 11.8 Å². The second-order valence-electron chi connectivity index (χ2n) is 5.01. The first-order valence-corrected chi connectivity index (χ1v) is 7.14. The minimum Gasteiger partial charge on any atom is -0.329 e. The van der Waals surface area contributed by atoms with Crippen molar-refractivity contribution in [2.75, 3.05) is 6.54 Å². The molecule has 0 heterocycles. The summed E-state index contributed by atoms with van der Waals surface area (Å²) in [4.78, 5) is 1.00. The molecule has 2 N–H and O–H groups in total. The maximum absolute atomic E-state index is 13.1. The Morgan fingerprint density at radius 2 is 2.24 bits per heavy atom. The molecule has 0 radical (unpaired) electrons. The number of hydrogen-bond acceptors (Lipinski definition) is 2. The van der Waals surface area contributed by atoms with Crippen molar-refractivity contribution in [3.8, 4) is 0 Å². The minimum absolute atomic E-state index is 0.160. The summed E-state index contributed by atoms with van der Waals surface area (Å²) < 4.78 is 13.3. The average Bonchev–Trinajstić information content (AvgIpc) is 2.26. The zero-order valence-corrected chi connectivity index (χ0v) is 11.1. The SMILES string of the molecule is CCCC1CC(CN)(Sc2cccc(F)c2)C1. The van der Waals surface area contributed by atoms with E-state index in [0.717, 1.165) is 10.8 Å². The Labute approximate surface area is 107 Å². The van der Waals surface area contributed by atoms with Gasteiger partial charge in [0.05, 0.1) is 0 Å². The highest BCUT2D eigenvalue weighted by Gasteiger charge is 2.43. The number of nitrogens with two attached hydrogens (primary N) is 1. The highest BCUT2D eigenvalue weighted by Crippen LogP contribution is 2.51. The lowest BCUT2D eigenvalue weighted by molar-refractivity contribution is 0.220. The van der Waals surface area contributed by atoms with E-state index in [1.165, 1.54) is 31.7 Å². The van der Waals surface area contributed by atoms with Crippen LogP contribution in [-0.4, -0.2) is 11.3 Å². The van der Waals surface area contributed by atoms with Crippen molar-refractivity contribution in [2.45, 2.75) is 42.2 Å². The summed E-state index contributed by atoms with van der Waals surface area (Å²) in [7, 11) is 0. The highest BCUT2D eigenvalue weighted by atomic mass is 32.2. The molecule has 0 amide bonds. The van der Waals surface area contributed by atoms with E-state index in [0.29, 0.717) is 6.54 Å². The molecular formula is C14H20FNS. The molecule has 0 unspecified atom stereocenters. The van der Waals surface area contributed by atoms with Crippen LogP contribution in [0.1, 0.15) is 32.6 Å². The molecule has 1 fully saturated rings. The molecule has 1 saturated carbocycles. The number of rotatable bonds is 5. The largest absolute Gasteiger partial charge is 0.329 e. The monoisotopic (exact) mass is 253 g/mol. The van der Waals surface area contributed by atoms with E-state index < -0.39 is 0 Å². The van der Waals surface area contributed by atoms with Crippen LogP contribution in [0, 0.1) is 11.7 Å². The normalized spacial score (nSPS) is 27.8. The van der Waals surface area contributed by atoms with E-state index in [9.17, 15) is 4.39 Å². The van der Waals surface area contributed by atoms with Crippen LogP contribution < -0.4 is 5.73 Å². The first-order valence-electron chi connectivity index (χ1n) is 6.32. The second kappa shape index (κ2) is 5.40. The average molecular weight is 253 g/mol.